The van der Waals surface area contributed by atoms with Gasteiger partial charge in [-0.05, 0) is 32.0 Å². The van der Waals surface area contributed by atoms with E-state index in [2.05, 4.69) is 5.32 Å². The molecule has 22 heavy (non-hydrogen) atoms. The molecular formula is C14H13Cl4NO3. The Labute approximate surface area is 148 Å². The number of esters is 1. The molecule has 2 atom stereocenters. The minimum Gasteiger partial charge on any atom is -0.452 e. The first-order valence-electron chi connectivity index (χ1n) is 6.41. The van der Waals surface area contributed by atoms with Crippen molar-refractivity contribution in [3.05, 3.63) is 28.2 Å². The molecule has 0 spiro atoms. The molecule has 2 rings (SSSR count). The number of benzene rings is 1. The zero-order valence-corrected chi connectivity index (χ0v) is 14.8. The van der Waals surface area contributed by atoms with E-state index in [4.69, 9.17) is 51.1 Å². The van der Waals surface area contributed by atoms with Crippen LogP contribution in [-0.2, 0) is 14.3 Å². The average molecular weight is 385 g/mol. The van der Waals surface area contributed by atoms with Gasteiger partial charge in [-0.3, -0.25) is 9.59 Å². The number of hydrogen-bond acceptors (Lipinski definition) is 3. The van der Waals surface area contributed by atoms with Crippen molar-refractivity contribution in [2.24, 2.45) is 5.41 Å². The Balaban J connectivity index is 1.97. The van der Waals surface area contributed by atoms with Crippen molar-refractivity contribution in [3.8, 4) is 0 Å². The summed E-state index contributed by atoms with van der Waals surface area (Å²) in [6.45, 7) is 3.05. The van der Waals surface area contributed by atoms with Crippen LogP contribution < -0.4 is 5.32 Å². The fourth-order valence-electron chi connectivity index (χ4n) is 1.84. The van der Waals surface area contributed by atoms with Crippen molar-refractivity contribution < 1.29 is 14.3 Å². The molecule has 0 aliphatic heterocycles. The van der Waals surface area contributed by atoms with E-state index in [-0.39, 0.29) is 0 Å². The number of hydrogen-bond donors (Lipinski definition) is 1. The first-order valence-corrected chi connectivity index (χ1v) is 7.92. The predicted molar refractivity (Wildman–Crippen MR) is 87.8 cm³/mol. The zero-order chi connectivity index (χ0) is 16.7. The van der Waals surface area contributed by atoms with Crippen LogP contribution in [0.25, 0.3) is 0 Å². The van der Waals surface area contributed by atoms with Gasteiger partial charge in [0.05, 0.1) is 0 Å². The van der Waals surface area contributed by atoms with Gasteiger partial charge < -0.3 is 10.1 Å². The van der Waals surface area contributed by atoms with Crippen molar-refractivity contribution >= 4 is 64.0 Å². The lowest BCUT2D eigenvalue weighted by molar-refractivity contribution is -0.158. The van der Waals surface area contributed by atoms with E-state index >= 15 is 0 Å². The smallest absolute Gasteiger partial charge is 0.315 e. The van der Waals surface area contributed by atoms with Crippen LogP contribution in [0.3, 0.4) is 0 Å². The minimum absolute atomic E-state index is 0.292. The molecule has 1 saturated carbocycles. The second-order valence-corrected chi connectivity index (χ2v) is 7.77. The van der Waals surface area contributed by atoms with Crippen LogP contribution >= 0.6 is 46.4 Å². The SMILES string of the molecule is C[C@@H](OC(=O)[C@@]1(C)CC1(Cl)Cl)C(=O)Nc1cc(Cl)cc(Cl)c1. The fraction of sp³-hybridized carbons (Fsp3) is 0.429. The van der Waals surface area contributed by atoms with Crippen LogP contribution in [0.1, 0.15) is 20.3 Å². The molecule has 0 aromatic heterocycles. The van der Waals surface area contributed by atoms with Crippen LogP contribution in [0.4, 0.5) is 5.69 Å². The Morgan fingerprint density at radius 3 is 2.18 bits per heavy atom. The number of ether oxygens (including phenoxy) is 1. The van der Waals surface area contributed by atoms with E-state index in [0.717, 1.165) is 0 Å². The Morgan fingerprint density at radius 1 is 1.23 bits per heavy atom. The minimum atomic E-state index is -1.14. The lowest BCUT2D eigenvalue weighted by atomic mass is 10.1. The summed E-state index contributed by atoms with van der Waals surface area (Å²) < 4.78 is 3.98. The fourth-order valence-corrected chi connectivity index (χ4v) is 3.05. The summed E-state index contributed by atoms with van der Waals surface area (Å²) in [6, 6.07) is 4.60. The van der Waals surface area contributed by atoms with Gasteiger partial charge in [-0.25, -0.2) is 0 Å². The standard InChI is InChI=1S/C14H13Cl4NO3/c1-7(22-12(21)13(2)6-14(13,17)18)11(20)19-10-4-8(15)3-9(16)5-10/h3-5,7H,6H2,1-2H3,(H,19,20)/t7-,13-/m1/s1. The number of halogens is 4. The molecule has 1 fully saturated rings. The van der Waals surface area contributed by atoms with E-state index in [1.807, 2.05) is 0 Å². The molecule has 0 radical (unpaired) electrons. The highest BCUT2D eigenvalue weighted by Gasteiger charge is 2.69. The van der Waals surface area contributed by atoms with Crippen LogP contribution in [0.5, 0.6) is 0 Å². The maximum atomic E-state index is 12.0. The van der Waals surface area contributed by atoms with Crippen LogP contribution in [0.15, 0.2) is 18.2 Å². The first kappa shape index (κ1) is 17.7. The average Bonchev–Trinajstić information content (AvgIpc) is 2.88. The van der Waals surface area contributed by atoms with E-state index in [9.17, 15) is 9.59 Å². The molecule has 4 nitrogen and oxygen atoms in total. The van der Waals surface area contributed by atoms with Crippen molar-refractivity contribution in [2.75, 3.05) is 5.32 Å². The van der Waals surface area contributed by atoms with E-state index in [1.54, 1.807) is 6.92 Å². The number of amides is 1. The van der Waals surface area contributed by atoms with Gasteiger partial charge in [0, 0.05) is 22.2 Å². The second kappa shape index (κ2) is 6.08. The quantitative estimate of drug-likeness (QED) is 0.616. The number of carbonyl (C=O) groups excluding carboxylic acids is 2. The first-order chi connectivity index (χ1) is 10.0. The van der Waals surface area contributed by atoms with Crippen LogP contribution in [0, 0.1) is 5.41 Å². The highest BCUT2D eigenvalue weighted by molar-refractivity contribution is 6.53. The van der Waals surface area contributed by atoms with E-state index in [1.165, 1.54) is 25.1 Å². The lowest BCUT2D eigenvalue weighted by Crippen LogP contribution is -2.33. The van der Waals surface area contributed by atoms with Crippen LogP contribution in [0.2, 0.25) is 10.0 Å². The molecule has 1 amide bonds. The predicted octanol–water partition coefficient (Wildman–Crippen LogP) is 4.45. The summed E-state index contributed by atoms with van der Waals surface area (Å²) in [5.74, 6) is -1.12. The summed E-state index contributed by atoms with van der Waals surface area (Å²) in [5, 5.41) is 3.33. The highest BCUT2D eigenvalue weighted by Crippen LogP contribution is 2.64. The molecule has 1 N–H and O–H groups in total. The molecular weight excluding hydrogens is 372 g/mol. The second-order valence-electron chi connectivity index (χ2n) is 5.41. The molecule has 120 valence electrons. The molecule has 0 heterocycles. The zero-order valence-electron chi connectivity index (χ0n) is 11.8. The number of alkyl halides is 2. The molecule has 1 aromatic carbocycles. The topological polar surface area (TPSA) is 55.4 Å². The summed E-state index contributed by atoms with van der Waals surface area (Å²) in [5.41, 5.74) is -0.573. The Morgan fingerprint density at radius 2 is 1.73 bits per heavy atom. The van der Waals surface area contributed by atoms with Gasteiger partial charge >= 0.3 is 5.97 Å². The molecule has 0 bridgehead atoms. The summed E-state index contributed by atoms with van der Waals surface area (Å²) >= 11 is 23.5. The maximum Gasteiger partial charge on any atom is 0.315 e. The Bertz CT molecular complexity index is 614. The lowest BCUT2D eigenvalue weighted by Gasteiger charge is -2.17. The monoisotopic (exact) mass is 383 g/mol. The van der Waals surface area contributed by atoms with Crippen LogP contribution in [-0.4, -0.2) is 22.3 Å². The highest BCUT2D eigenvalue weighted by atomic mass is 35.5. The number of carbonyl (C=O) groups is 2. The largest absolute Gasteiger partial charge is 0.452 e. The van der Waals surface area contributed by atoms with Crippen molar-refractivity contribution in [1.82, 2.24) is 0 Å². The summed E-state index contributed by atoms with van der Waals surface area (Å²) in [7, 11) is 0. The normalized spacial score (nSPS) is 23.5. The number of anilines is 1. The van der Waals surface area contributed by atoms with Gasteiger partial charge in [0.25, 0.3) is 5.91 Å². The summed E-state index contributed by atoms with van der Waals surface area (Å²) in [6.07, 6.45) is -0.716. The maximum absolute atomic E-state index is 12.0. The van der Waals surface area contributed by atoms with Gasteiger partial charge in [-0.15, -0.1) is 23.2 Å². The number of rotatable bonds is 4. The van der Waals surface area contributed by atoms with Gasteiger partial charge in [0.1, 0.15) is 9.75 Å². The van der Waals surface area contributed by atoms with Crippen molar-refractivity contribution in [3.63, 3.8) is 0 Å². The third-order valence-electron chi connectivity index (χ3n) is 3.49. The van der Waals surface area contributed by atoms with Gasteiger partial charge in [-0.1, -0.05) is 23.2 Å². The Hall–Kier alpha value is -0.680. The number of nitrogens with one attached hydrogen (secondary N) is 1. The molecule has 1 aliphatic carbocycles. The Kier molecular flexibility index (Phi) is 4.88. The summed E-state index contributed by atoms with van der Waals surface area (Å²) in [4.78, 5) is 24.0. The van der Waals surface area contributed by atoms with Gasteiger partial charge in [0.2, 0.25) is 0 Å². The third-order valence-corrected chi connectivity index (χ3v) is 5.03. The molecule has 0 unspecified atom stereocenters. The van der Waals surface area contributed by atoms with Gasteiger partial charge in [-0.2, -0.15) is 0 Å². The van der Waals surface area contributed by atoms with E-state index in [0.29, 0.717) is 22.2 Å². The van der Waals surface area contributed by atoms with Crippen molar-refractivity contribution in [2.45, 2.75) is 30.7 Å². The van der Waals surface area contributed by atoms with E-state index < -0.39 is 27.7 Å². The molecule has 8 heteroatoms. The third kappa shape index (κ3) is 3.62. The van der Waals surface area contributed by atoms with Crippen molar-refractivity contribution in [1.29, 1.82) is 0 Å². The molecule has 0 saturated heterocycles. The molecule has 1 aliphatic rings. The van der Waals surface area contributed by atoms with Gasteiger partial charge in [0.15, 0.2) is 6.10 Å². The molecule has 1 aromatic rings.